The Morgan fingerprint density at radius 2 is 1.31 bits per heavy atom. The van der Waals surface area contributed by atoms with Crippen LogP contribution in [0, 0.1) is 0 Å². The van der Waals surface area contributed by atoms with Gasteiger partial charge >= 0.3 is 5.69 Å². The highest BCUT2D eigenvalue weighted by Crippen LogP contribution is 2.24. The molecular weight excluding hydrogens is 440 g/mol. The van der Waals surface area contributed by atoms with Crippen molar-refractivity contribution in [2.75, 3.05) is 5.32 Å². The number of para-hydroxylation sites is 2. The predicted octanol–water partition coefficient (Wildman–Crippen LogP) is 4.15. The minimum atomic E-state index is -0.556. The first kappa shape index (κ1) is 22.2. The molecule has 0 aliphatic heterocycles. The number of aromatic nitrogens is 3. The van der Waals surface area contributed by atoms with Crippen LogP contribution < -0.4 is 22.1 Å². The van der Waals surface area contributed by atoms with E-state index >= 15 is 0 Å². The normalized spacial score (nSPS) is 11.0. The molecule has 7 nitrogen and oxygen atoms in total. The zero-order valence-corrected chi connectivity index (χ0v) is 19.4. The van der Waals surface area contributed by atoms with Gasteiger partial charge in [0.05, 0.1) is 17.1 Å². The van der Waals surface area contributed by atoms with E-state index < -0.39 is 11.2 Å². The van der Waals surface area contributed by atoms with E-state index in [9.17, 15) is 14.4 Å². The molecule has 0 aliphatic carbocycles. The standard InChI is InChI=1S/C28H24N4O3/c1-3-19-14-16-20(17-15-19)29-23-18-24(33)30(2)26-25(23)27(34)32(22-12-8-5-9-13-22)28(35)31(26)21-10-6-4-7-11-21/h4-18,29H,3H2,1-2H3. The molecule has 0 atom stereocenters. The van der Waals surface area contributed by atoms with Gasteiger partial charge in [-0.3, -0.25) is 14.2 Å². The van der Waals surface area contributed by atoms with E-state index in [0.29, 0.717) is 17.1 Å². The summed E-state index contributed by atoms with van der Waals surface area (Å²) < 4.78 is 3.90. The van der Waals surface area contributed by atoms with Crippen molar-refractivity contribution in [1.29, 1.82) is 0 Å². The molecule has 0 spiro atoms. The molecule has 5 aromatic rings. The van der Waals surface area contributed by atoms with Gasteiger partial charge in [-0.1, -0.05) is 55.5 Å². The van der Waals surface area contributed by atoms with E-state index in [2.05, 4.69) is 12.2 Å². The third-order valence-corrected chi connectivity index (χ3v) is 6.09. The summed E-state index contributed by atoms with van der Waals surface area (Å²) in [5.41, 5.74) is 2.06. The second-order valence-electron chi connectivity index (χ2n) is 8.26. The molecule has 0 radical (unpaired) electrons. The highest BCUT2D eigenvalue weighted by Gasteiger charge is 2.21. The van der Waals surface area contributed by atoms with Crippen molar-refractivity contribution in [2.45, 2.75) is 13.3 Å². The van der Waals surface area contributed by atoms with Gasteiger partial charge in [0.2, 0.25) is 0 Å². The molecule has 0 aliphatic rings. The Morgan fingerprint density at radius 3 is 1.89 bits per heavy atom. The lowest BCUT2D eigenvalue weighted by Gasteiger charge is -2.19. The molecule has 0 saturated carbocycles. The zero-order valence-electron chi connectivity index (χ0n) is 19.4. The van der Waals surface area contributed by atoms with Crippen molar-refractivity contribution in [3.63, 3.8) is 0 Å². The Bertz CT molecular complexity index is 1700. The number of nitrogens with one attached hydrogen (secondary N) is 1. The first-order chi connectivity index (χ1) is 17.0. The number of fused-ring (bicyclic) bond motifs is 1. The van der Waals surface area contributed by atoms with Gasteiger partial charge in [0.15, 0.2) is 0 Å². The molecule has 0 amide bonds. The quantitative estimate of drug-likeness (QED) is 0.424. The van der Waals surface area contributed by atoms with Crippen LogP contribution in [0.1, 0.15) is 12.5 Å². The maximum absolute atomic E-state index is 13.9. The molecule has 2 aromatic heterocycles. The fourth-order valence-electron chi connectivity index (χ4n) is 4.24. The number of aryl methyl sites for hydroxylation is 2. The van der Waals surface area contributed by atoms with Gasteiger partial charge in [-0.25, -0.2) is 13.9 Å². The van der Waals surface area contributed by atoms with E-state index in [1.807, 2.05) is 36.4 Å². The fraction of sp³-hybridized carbons (Fsp3) is 0.107. The van der Waals surface area contributed by atoms with Crippen LogP contribution in [0.5, 0.6) is 0 Å². The van der Waals surface area contributed by atoms with Gasteiger partial charge in [0.25, 0.3) is 11.1 Å². The Labute approximate surface area is 201 Å². The van der Waals surface area contributed by atoms with Gasteiger partial charge in [0, 0.05) is 18.8 Å². The number of anilines is 2. The Balaban J connectivity index is 1.91. The minimum absolute atomic E-state index is 0.221. The topological polar surface area (TPSA) is 78.0 Å². The summed E-state index contributed by atoms with van der Waals surface area (Å²) in [5.74, 6) is 0. The molecule has 2 heterocycles. The predicted molar refractivity (Wildman–Crippen MR) is 139 cm³/mol. The zero-order chi connectivity index (χ0) is 24.5. The van der Waals surface area contributed by atoms with E-state index in [0.717, 1.165) is 16.7 Å². The van der Waals surface area contributed by atoms with Crippen LogP contribution in [0.25, 0.3) is 22.4 Å². The lowest BCUT2D eigenvalue weighted by Crippen LogP contribution is -2.40. The molecule has 7 heteroatoms. The Hall–Kier alpha value is -4.65. The van der Waals surface area contributed by atoms with Crippen molar-refractivity contribution < 1.29 is 0 Å². The summed E-state index contributed by atoms with van der Waals surface area (Å²) in [4.78, 5) is 40.7. The van der Waals surface area contributed by atoms with Crippen molar-refractivity contribution in [3.05, 3.63) is 128 Å². The SMILES string of the molecule is CCc1ccc(Nc2cc(=O)n(C)c3c2c(=O)n(-c2ccccc2)c(=O)n3-c2ccccc2)cc1. The molecule has 3 aromatic carbocycles. The smallest absolute Gasteiger partial charge is 0.341 e. The molecule has 35 heavy (non-hydrogen) atoms. The second-order valence-corrected chi connectivity index (χ2v) is 8.26. The maximum atomic E-state index is 13.9. The van der Waals surface area contributed by atoms with Crippen molar-refractivity contribution in [1.82, 2.24) is 13.7 Å². The molecule has 0 bridgehead atoms. The van der Waals surface area contributed by atoms with E-state index in [1.165, 1.54) is 20.8 Å². The molecule has 0 saturated heterocycles. The van der Waals surface area contributed by atoms with Gasteiger partial charge < -0.3 is 5.32 Å². The van der Waals surface area contributed by atoms with E-state index in [1.54, 1.807) is 55.6 Å². The summed E-state index contributed by atoms with van der Waals surface area (Å²) in [6, 6.07) is 27.0. The van der Waals surface area contributed by atoms with Crippen LogP contribution in [0.4, 0.5) is 11.4 Å². The molecule has 0 fully saturated rings. The highest BCUT2D eigenvalue weighted by molar-refractivity contribution is 5.91. The van der Waals surface area contributed by atoms with Crippen LogP contribution >= 0.6 is 0 Å². The summed E-state index contributed by atoms with van der Waals surface area (Å²) in [7, 11) is 1.57. The number of rotatable bonds is 5. The Morgan fingerprint density at radius 1 is 0.743 bits per heavy atom. The highest BCUT2D eigenvalue weighted by atomic mass is 16.2. The summed E-state index contributed by atoms with van der Waals surface area (Å²) in [6.07, 6.45) is 0.903. The summed E-state index contributed by atoms with van der Waals surface area (Å²) >= 11 is 0. The van der Waals surface area contributed by atoms with Crippen LogP contribution in [0.2, 0.25) is 0 Å². The van der Waals surface area contributed by atoms with Crippen LogP contribution in [0.3, 0.4) is 0 Å². The first-order valence-electron chi connectivity index (χ1n) is 11.4. The van der Waals surface area contributed by atoms with Crippen molar-refractivity contribution >= 4 is 22.4 Å². The molecule has 5 rings (SSSR count). The molecule has 0 unspecified atom stereocenters. The van der Waals surface area contributed by atoms with Crippen molar-refractivity contribution in [3.8, 4) is 11.4 Å². The Kier molecular flexibility index (Phi) is 5.66. The molecular formula is C28H24N4O3. The third-order valence-electron chi connectivity index (χ3n) is 6.09. The van der Waals surface area contributed by atoms with Crippen LogP contribution in [-0.4, -0.2) is 13.7 Å². The van der Waals surface area contributed by atoms with Gasteiger partial charge in [-0.15, -0.1) is 0 Å². The third kappa shape index (κ3) is 3.87. The van der Waals surface area contributed by atoms with Crippen molar-refractivity contribution in [2.24, 2.45) is 7.05 Å². The number of nitrogens with zero attached hydrogens (tertiary/aromatic N) is 3. The summed E-state index contributed by atoms with van der Waals surface area (Å²) in [5, 5.41) is 3.48. The summed E-state index contributed by atoms with van der Waals surface area (Å²) in [6.45, 7) is 2.08. The number of benzene rings is 3. The number of hydrogen-bond donors (Lipinski definition) is 1. The monoisotopic (exact) mass is 464 g/mol. The molecule has 174 valence electrons. The fourth-order valence-corrected chi connectivity index (χ4v) is 4.24. The first-order valence-corrected chi connectivity index (χ1v) is 11.4. The lowest BCUT2D eigenvalue weighted by atomic mass is 10.1. The lowest BCUT2D eigenvalue weighted by molar-refractivity contribution is 0.784. The maximum Gasteiger partial charge on any atom is 0.341 e. The number of pyridine rings is 1. The largest absolute Gasteiger partial charge is 0.355 e. The average Bonchev–Trinajstić information content (AvgIpc) is 2.88. The van der Waals surface area contributed by atoms with Gasteiger partial charge in [0.1, 0.15) is 11.0 Å². The minimum Gasteiger partial charge on any atom is -0.355 e. The van der Waals surface area contributed by atoms with E-state index in [4.69, 9.17) is 0 Å². The van der Waals surface area contributed by atoms with Crippen LogP contribution in [-0.2, 0) is 13.5 Å². The van der Waals surface area contributed by atoms with E-state index in [-0.39, 0.29) is 16.6 Å². The second kappa shape index (κ2) is 8.95. The molecule has 1 N–H and O–H groups in total. The van der Waals surface area contributed by atoms with Crippen LogP contribution in [0.15, 0.2) is 105 Å². The van der Waals surface area contributed by atoms with Gasteiger partial charge in [-0.05, 0) is 48.4 Å². The number of hydrogen-bond acceptors (Lipinski definition) is 4. The average molecular weight is 465 g/mol. The van der Waals surface area contributed by atoms with Gasteiger partial charge in [-0.2, -0.15) is 0 Å².